The molecule has 1 aliphatic rings. The van der Waals surface area contributed by atoms with Crippen LogP contribution in [0.2, 0.25) is 0 Å². The van der Waals surface area contributed by atoms with Crippen molar-refractivity contribution >= 4 is 11.6 Å². The molecule has 1 aliphatic carbocycles. The van der Waals surface area contributed by atoms with Crippen molar-refractivity contribution in [2.45, 2.75) is 52.9 Å². The van der Waals surface area contributed by atoms with Crippen molar-refractivity contribution in [1.82, 2.24) is 0 Å². The van der Waals surface area contributed by atoms with Gasteiger partial charge in [0.25, 0.3) is 0 Å². The average Bonchev–Trinajstić information content (AvgIpc) is 2.34. The van der Waals surface area contributed by atoms with Gasteiger partial charge in [-0.15, -0.1) is 11.6 Å². The third kappa shape index (κ3) is 2.65. The minimum atomic E-state index is 0.444. The highest BCUT2D eigenvalue weighted by atomic mass is 35.5. The highest BCUT2D eigenvalue weighted by Gasteiger charge is 2.36. The Hall–Kier alpha value is 0.290. The minimum Gasteiger partial charge on any atom is -0.126 e. The molecule has 0 N–H and O–H groups in total. The van der Waals surface area contributed by atoms with Crippen molar-refractivity contribution in [1.29, 1.82) is 0 Å². The number of hydrogen-bond donors (Lipinski definition) is 0. The summed E-state index contributed by atoms with van der Waals surface area (Å²) < 4.78 is 0. The predicted molar refractivity (Wildman–Crippen MR) is 55.7 cm³/mol. The van der Waals surface area contributed by atoms with E-state index in [-0.39, 0.29) is 0 Å². The Bertz CT molecular complexity index is 138. The van der Waals surface area contributed by atoms with Crippen LogP contribution in [0.15, 0.2) is 0 Å². The Morgan fingerprint density at radius 1 is 1.17 bits per heavy atom. The predicted octanol–water partition coefficient (Wildman–Crippen LogP) is 4.22. The normalized spacial score (nSPS) is 23.0. The number of alkyl halides is 1. The van der Waals surface area contributed by atoms with Gasteiger partial charge in [0, 0.05) is 5.88 Å². The summed E-state index contributed by atoms with van der Waals surface area (Å²) in [6, 6.07) is 0. The van der Waals surface area contributed by atoms with E-state index in [4.69, 9.17) is 11.6 Å². The SMILES string of the molecule is CC(C)(C)CC1(CCl)CCCC1. The first-order valence-electron chi connectivity index (χ1n) is 5.04. The molecule has 1 fully saturated rings. The molecule has 0 bridgehead atoms. The Morgan fingerprint density at radius 2 is 1.67 bits per heavy atom. The standard InChI is InChI=1S/C11H21Cl/c1-10(2,3)8-11(9-12)6-4-5-7-11/h4-9H2,1-3H3. The fraction of sp³-hybridized carbons (Fsp3) is 1.00. The van der Waals surface area contributed by atoms with E-state index in [9.17, 15) is 0 Å². The van der Waals surface area contributed by atoms with Crippen LogP contribution < -0.4 is 0 Å². The van der Waals surface area contributed by atoms with Gasteiger partial charge in [0.1, 0.15) is 0 Å². The monoisotopic (exact) mass is 188 g/mol. The molecule has 0 nitrogen and oxygen atoms in total. The highest BCUT2D eigenvalue weighted by Crippen LogP contribution is 2.46. The minimum absolute atomic E-state index is 0.444. The lowest BCUT2D eigenvalue weighted by Crippen LogP contribution is -2.25. The maximum atomic E-state index is 6.07. The average molecular weight is 189 g/mol. The van der Waals surface area contributed by atoms with E-state index in [2.05, 4.69) is 20.8 Å². The zero-order chi connectivity index (χ0) is 9.24. The van der Waals surface area contributed by atoms with Crippen molar-refractivity contribution in [3.63, 3.8) is 0 Å². The Morgan fingerprint density at radius 3 is 2.00 bits per heavy atom. The molecule has 1 saturated carbocycles. The largest absolute Gasteiger partial charge is 0.126 e. The van der Waals surface area contributed by atoms with Crippen molar-refractivity contribution in [3.05, 3.63) is 0 Å². The number of rotatable bonds is 2. The molecule has 0 heterocycles. The summed E-state index contributed by atoms with van der Waals surface area (Å²) in [5, 5.41) is 0. The number of halogens is 1. The van der Waals surface area contributed by atoms with E-state index >= 15 is 0 Å². The zero-order valence-corrected chi connectivity index (χ0v) is 9.38. The van der Waals surface area contributed by atoms with E-state index in [1.54, 1.807) is 0 Å². The Balaban J connectivity index is 2.55. The van der Waals surface area contributed by atoms with Crippen molar-refractivity contribution in [2.75, 3.05) is 5.88 Å². The lowest BCUT2D eigenvalue weighted by molar-refractivity contribution is 0.201. The molecule has 1 heteroatoms. The van der Waals surface area contributed by atoms with Gasteiger partial charge in [0.2, 0.25) is 0 Å². The first-order valence-corrected chi connectivity index (χ1v) is 5.57. The maximum Gasteiger partial charge on any atom is 0.0280 e. The first-order chi connectivity index (χ1) is 5.47. The zero-order valence-electron chi connectivity index (χ0n) is 8.62. The van der Waals surface area contributed by atoms with E-state index in [1.807, 2.05) is 0 Å². The molecule has 0 unspecified atom stereocenters. The van der Waals surface area contributed by atoms with Crippen LogP contribution in [0.1, 0.15) is 52.9 Å². The molecule has 1 rings (SSSR count). The van der Waals surface area contributed by atoms with Gasteiger partial charge < -0.3 is 0 Å². The first kappa shape index (κ1) is 10.4. The number of hydrogen-bond acceptors (Lipinski definition) is 0. The molecule has 12 heavy (non-hydrogen) atoms. The van der Waals surface area contributed by atoms with Gasteiger partial charge in [-0.25, -0.2) is 0 Å². The van der Waals surface area contributed by atoms with Crippen LogP contribution >= 0.6 is 11.6 Å². The lowest BCUT2D eigenvalue weighted by Gasteiger charge is -2.33. The van der Waals surface area contributed by atoms with Crippen molar-refractivity contribution in [3.8, 4) is 0 Å². The van der Waals surface area contributed by atoms with Gasteiger partial charge >= 0.3 is 0 Å². The summed E-state index contributed by atoms with van der Waals surface area (Å²) in [6.45, 7) is 6.96. The molecule has 0 amide bonds. The van der Waals surface area contributed by atoms with E-state index in [0.29, 0.717) is 10.8 Å². The summed E-state index contributed by atoms with van der Waals surface area (Å²) in [5.74, 6) is 0.865. The van der Waals surface area contributed by atoms with Gasteiger partial charge in [-0.05, 0) is 30.1 Å². The van der Waals surface area contributed by atoms with Crippen LogP contribution in [0.4, 0.5) is 0 Å². The summed E-state index contributed by atoms with van der Waals surface area (Å²) in [7, 11) is 0. The molecule has 0 saturated heterocycles. The van der Waals surface area contributed by atoms with E-state index in [0.717, 1.165) is 5.88 Å². The molecule has 0 aromatic rings. The van der Waals surface area contributed by atoms with Gasteiger partial charge in [0.05, 0.1) is 0 Å². The van der Waals surface area contributed by atoms with Crippen LogP contribution in [0.5, 0.6) is 0 Å². The van der Waals surface area contributed by atoms with Crippen molar-refractivity contribution < 1.29 is 0 Å². The second kappa shape index (κ2) is 3.57. The van der Waals surface area contributed by atoms with Crippen LogP contribution in [0, 0.1) is 10.8 Å². The van der Waals surface area contributed by atoms with Gasteiger partial charge in [-0.2, -0.15) is 0 Å². The maximum absolute atomic E-state index is 6.07. The quantitative estimate of drug-likeness (QED) is 0.570. The van der Waals surface area contributed by atoms with Gasteiger partial charge in [-0.1, -0.05) is 33.6 Å². The van der Waals surface area contributed by atoms with E-state index < -0.39 is 0 Å². The second-order valence-electron chi connectivity index (χ2n) is 5.58. The molecule has 72 valence electrons. The lowest BCUT2D eigenvalue weighted by atomic mass is 9.74. The van der Waals surface area contributed by atoms with Crippen molar-refractivity contribution in [2.24, 2.45) is 10.8 Å². The van der Waals surface area contributed by atoms with Crippen LogP contribution in [-0.2, 0) is 0 Å². The fourth-order valence-electron chi connectivity index (χ4n) is 2.61. The summed E-state index contributed by atoms with van der Waals surface area (Å²) in [6.07, 6.45) is 6.79. The molecule has 0 aromatic carbocycles. The molecule has 0 aliphatic heterocycles. The third-order valence-corrected chi connectivity index (χ3v) is 3.42. The van der Waals surface area contributed by atoms with Crippen LogP contribution in [-0.4, -0.2) is 5.88 Å². The Labute approximate surface area is 81.7 Å². The van der Waals surface area contributed by atoms with Crippen LogP contribution in [0.3, 0.4) is 0 Å². The molecular weight excluding hydrogens is 168 g/mol. The van der Waals surface area contributed by atoms with E-state index in [1.165, 1.54) is 32.1 Å². The summed E-state index contributed by atoms with van der Waals surface area (Å²) in [5.41, 5.74) is 0.930. The summed E-state index contributed by atoms with van der Waals surface area (Å²) >= 11 is 6.07. The molecular formula is C11H21Cl. The fourth-order valence-corrected chi connectivity index (χ4v) is 2.97. The molecule has 0 atom stereocenters. The second-order valence-corrected chi connectivity index (χ2v) is 5.85. The summed E-state index contributed by atoms with van der Waals surface area (Å²) in [4.78, 5) is 0. The van der Waals surface area contributed by atoms with Gasteiger partial charge in [0.15, 0.2) is 0 Å². The molecule has 0 aromatic heterocycles. The van der Waals surface area contributed by atoms with Gasteiger partial charge in [-0.3, -0.25) is 0 Å². The van der Waals surface area contributed by atoms with Crippen LogP contribution in [0.25, 0.3) is 0 Å². The topological polar surface area (TPSA) is 0 Å². The highest BCUT2D eigenvalue weighted by molar-refractivity contribution is 6.18. The smallest absolute Gasteiger partial charge is 0.0280 e. The Kier molecular flexibility index (Phi) is 3.09. The molecule has 0 radical (unpaired) electrons. The molecule has 0 spiro atoms. The third-order valence-electron chi connectivity index (χ3n) is 2.85.